The molecular weight excluding hydrogens is 255 g/mol. The lowest BCUT2D eigenvalue weighted by Gasteiger charge is -2.16. The summed E-state index contributed by atoms with van der Waals surface area (Å²) in [5.74, 6) is -3.68. The van der Waals surface area contributed by atoms with E-state index in [4.69, 9.17) is 10.8 Å². The zero-order valence-corrected chi connectivity index (χ0v) is 9.80. The Morgan fingerprint density at radius 3 is 2.58 bits per heavy atom. The molecule has 0 spiro atoms. The number of halogens is 1. The molecule has 3 N–H and O–H groups in total. The summed E-state index contributed by atoms with van der Waals surface area (Å²) in [4.78, 5) is 34.8. The first-order chi connectivity index (χ1) is 8.88. The fourth-order valence-electron chi connectivity index (χ4n) is 2.00. The highest BCUT2D eigenvalue weighted by Gasteiger charge is 2.34. The van der Waals surface area contributed by atoms with Crippen molar-refractivity contribution in [1.82, 2.24) is 0 Å². The van der Waals surface area contributed by atoms with E-state index in [9.17, 15) is 18.8 Å². The molecule has 1 heterocycles. The summed E-state index contributed by atoms with van der Waals surface area (Å²) in [5, 5.41) is 8.84. The fourth-order valence-corrected chi connectivity index (χ4v) is 2.00. The third-order valence-corrected chi connectivity index (χ3v) is 2.97. The van der Waals surface area contributed by atoms with Crippen LogP contribution in [0.15, 0.2) is 18.2 Å². The predicted molar refractivity (Wildman–Crippen MR) is 63.0 cm³/mol. The number of carboxylic acid groups (broad SMARTS) is 1. The average molecular weight is 266 g/mol. The van der Waals surface area contributed by atoms with Gasteiger partial charge in [0.05, 0.1) is 11.5 Å². The molecule has 100 valence electrons. The van der Waals surface area contributed by atoms with Crippen LogP contribution in [0.5, 0.6) is 0 Å². The second kappa shape index (κ2) is 4.68. The fraction of sp³-hybridized carbons (Fsp3) is 0.250. The maximum atomic E-state index is 13.3. The van der Waals surface area contributed by atoms with Gasteiger partial charge in [-0.15, -0.1) is 0 Å². The highest BCUT2D eigenvalue weighted by molar-refractivity contribution is 6.01. The summed E-state index contributed by atoms with van der Waals surface area (Å²) in [6.45, 7) is 0.0384. The van der Waals surface area contributed by atoms with Gasteiger partial charge in [-0.1, -0.05) is 0 Å². The molecule has 1 aliphatic rings. The molecule has 0 aromatic heterocycles. The Hall–Kier alpha value is -2.44. The standard InChI is InChI=1S/C12H11FN2O4/c13-8-1-6(12(18)19)2-9(4-8)15-5-7(11(14)17)3-10(15)16/h1-2,4,7H,3,5H2,(H2,14,17)(H,18,19). The highest BCUT2D eigenvalue weighted by Crippen LogP contribution is 2.26. The van der Waals surface area contributed by atoms with Crippen molar-refractivity contribution in [3.63, 3.8) is 0 Å². The van der Waals surface area contributed by atoms with Crippen LogP contribution in [-0.4, -0.2) is 29.4 Å². The zero-order valence-electron chi connectivity index (χ0n) is 9.80. The first kappa shape index (κ1) is 13.0. The number of carbonyl (C=O) groups is 3. The largest absolute Gasteiger partial charge is 0.478 e. The van der Waals surface area contributed by atoms with Crippen molar-refractivity contribution in [2.24, 2.45) is 11.7 Å². The number of carboxylic acids is 1. The lowest BCUT2D eigenvalue weighted by molar-refractivity contribution is -0.123. The van der Waals surface area contributed by atoms with E-state index in [1.54, 1.807) is 0 Å². The van der Waals surface area contributed by atoms with Crippen LogP contribution in [0.2, 0.25) is 0 Å². The van der Waals surface area contributed by atoms with Crippen LogP contribution in [0.3, 0.4) is 0 Å². The number of benzene rings is 1. The number of nitrogens with two attached hydrogens (primary N) is 1. The second-order valence-corrected chi connectivity index (χ2v) is 4.31. The molecule has 1 aliphatic heterocycles. The van der Waals surface area contributed by atoms with Crippen LogP contribution < -0.4 is 10.6 Å². The summed E-state index contributed by atoms with van der Waals surface area (Å²) in [7, 11) is 0. The Bertz CT molecular complexity index is 573. The quantitative estimate of drug-likeness (QED) is 0.824. The molecule has 0 bridgehead atoms. The van der Waals surface area contributed by atoms with E-state index in [2.05, 4.69) is 0 Å². The number of aromatic carboxylic acids is 1. The lowest BCUT2D eigenvalue weighted by atomic mass is 10.1. The number of hydrogen-bond acceptors (Lipinski definition) is 3. The number of carbonyl (C=O) groups excluding carboxylic acids is 2. The van der Waals surface area contributed by atoms with Gasteiger partial charge in [-0.3, -0.25) is 9.59 Å². The zero-order chi connectivity index (χ0) is 14.2. The highest BCUT2D eigenvalue weighted by atomic mass is 19.1. The second-order valence-electron chi connectivity index (χ2n) is 4.31. The number of anilines is 1. The molecule has 1 unspecified atom stereocenters. The Balaban J connectivity index is 2.34. The molecule has 1 fully saturated rings. The first-order valence-electron chi connectivity index (χ1n) is 5.52. The topological polar surface area (TPSA) is 101 Å². The van der Waals surface area contributed by atoms with E-state index in [-0.39, 0.29) is 30.1 Å². The van der Waals surface area contributed by atoms with Crippen molar-refractivity contribution >= 4 is 23.5 Å². The van der Waals surface area contributed by atoms with E-state index < -0.39 is 23.6 Å². The monoisotopic (exact) mass is 266 g/mol. The molecule has 2 rings (SSSR count). The Kier molecular flexibility index (Phi) is 3.20. The summed E-state index contributed by atoms with van der Waals surface area (Å²) in [6, 6.07) is 3.10. The lowest BCUT2D eigenvalue weighted by Crippen LogP contribution is -2.28. The molecule has 1 aromatic rings. The molecule has 1 atom stereocenters. The third kappa shape index (κ3) is 2.54. The van der Waals surface area contributed by atoms with Crippen molar-refractivity contribution in [3.05, 3.63) is 29.6 Å². The minimum atomic E-state index is -1.29. The summed E-state index contributed by atoms with van der Waals surface area (Å²) in [6.07, 6.45) is -0.0474. The molecule has 0 radical (unpaired) electrons. The summed E-state index contributed by atoms with van der Waals surface area (Å²) < 4.78 is 13.3. The first-order valence-corrected chi connectivity index (χ1v) is 5.52. The van der Waals surface area contributed by atoms with Crippen molar-refractivity contribution in [3.8, 4) is 0 Å². The molecule has 0 aliphatic carbocycles. The van der Waals surface area contributed by atoms with E-state index in [1.165, 1.54) is 11.0 Å². The van der Waals surface area contributed by atoms with Crippen LogP contribution in [0.4, 0.5) is 10.1 Å². The number of rotatable bonds is 3. The van der Waals surface area contributed by atoms with Gasteiger partial charge in [0.1, 0.15) is 5.82 Å². The predicted octanol–water partition coefficient (Wildman–Crippen LogP) is 0.362. The van der Waals surface area contributed by atoms with Gasteiger partial charge in [0.2, 0.25) is 11.8 Å². The van der Waals surface area contributed by atoms with Gasteiger partial charge >= 0.3 is 5.97 Å². The number of nitrogens with zero attached hydrogens (tertiary/aromatic N) is 1. The maximum absolute atomic E-state index is 13.3. The number of primary amides is 1. The van der Waals surface area contributed by atoms with Crippen molar-refractivity contribution in [1.29, 1.82) is 0 Å². The van der Waals surface area contributed by atoms with Gasteiger partial charge in [-0.2, -0.15) is 0 Å². The van der Waals surface area contributed by atoms with Crippen LogP contribution >= 0.6 is 0 Å². The number of hydrogen-bond donors (Lipinski definition) is 2. The summed E-state index contributed by atoms with van der Waals surface area (Å²) >= 11 is 0. The molecule has 1 saturated heterocycles. The molecule has 0 saturated carbocycles. The summed E-state index contributed by atoms with van der Waals surface area (Å²) in [5.41, 5.74) is 4.98. The smallest absolute Gasteiger partial charge is 0.335 e. The van der Waals surface area contributed by atoms with E-state index in [0.29, 0.717) is 0 Å². The van der Waals surface area contributed by atoms with Crippen molar-refractivity contribution < 1.29 is 23.9 Å². The van der Waals surface area contributed by atoms with Crippen LogP contribution in [0.1, 0.15) is 16.8 Å². The molecule has 2 amide bonds. The van der Waals surface area contributed by atoms with Gasteiger partial charge in [0.15, 0.2) is 0 Å². The Morgan fingerprint density at radius 2 is 2.05 bits per heavy atom. The van der Waals surface area contributed by atoms with E-state index in [1.807, 2.05) is 0 Å². The minimum Gasteiger partial charge on any atom is -0.478 e. The Labute approximate surface area is 107 Å². The molecule has 1 aromatic carbocycles. The van der Waals surface area contributed by atoms with Crippen molar-refractivity contribution in [2.75, 3.05) is 11.4 Å². The van der Waals surface area contributed by atoms with E-state index in [0.717, 1.165) is 12.1 Å². The molecular formula is C12H11FN2O4. The Morgan fingerprint density at radius 1 is 1.37 bits per heavy atom. The maximum Gasteiger partial charge on any atom is 0.335 e. The molecule has 6 nitrogen and oxygen atoms in total. The van der Waals surface area contributed by atoms with E-state index >= 15 is 0 Å². The van der Waals surface area contributed by atoms with Gasteiger partial charge < -0.3 is 15.7 Å². The van der Waals surface area contributed by atoms with Crippen molar-refractivity contribution in [2.45, 2.75) is 6.42 Å². The van der Waals surface area contributed by atoms with Gasteiger partial charge in [0, 0.05) is 18.7 Å². The van der Waals surface area contributed by atoms with Crippen LogP contribution in [0, 0.1) is 11.7 Å². The minimum absolute atomic E-state index is 0.0384. The normalized spacial score (nSPS) is 18.7. The average Bonchev–Trinajstić information content (AvgIpc) is 2.70. The number of amides is 2. The molecule has 19 heavy (non-hydrogen) atoms. The van der Waals surface area contributed by atoms with Gasteiger partial charge in [0.25, 0.3) is 0 Å². The van der Waals surface area contributed by atoms with Crippen LogP contribution in [-0.2, 0) is 9.59 Å². The third-order valence-electron chi connectivity index (χ3n) is 2.97. The molecule has 7 heteroatoms. The SMILES string of the molecule is NC(=O)C1CC(=O)N(c2cc(F)cc(C(=O)O)c2)C1. The van der Waals surface area contributed by atoms with Crippen LogP contribution in [0.25, 0.3) is 0 Å². The van der Waals surface area contributed by atoms with Gasteiger partial charge in [-0.05, 0) is 18.2 Å². The van der Waals surface area contributed by atoms with Gasteiger partial charge in [-0.25, -0.2) is 9.18 Å².